The topological polar surface area (TPSA) is 16.4 Å². The van der Waals surface area contributed by atoms with Gasteiger partial charge in [-0.25, -0.2) is 0 Å². The lowest BCUT2D eigenvalue weighted by Crippen LogP contribution is -2.11. The van der Waals surface area contributed by atoms with Gasteiger partial charge in [0, 0.05) is 27.9 Å². The molecule has 0 atom stereocenters. The van der Waals surface area contributed by atoms with Gasteiger partial charge in [-0.3, -0.25) is 0 Å². The molecule has 0 bridgehead atoms. The van der Waals surface area contributed by atoms with Crippen molar-refractivity contribution in [2.75, 3.05) is 4.90 Å². The van der Waals surface area contributed by atoms with Gasteiger partial charge < -0.3 is 9.32 Å². The van der Waals surface area contributed by atoms with Crippen LogP contribution in [0.25, 0.3) is 88.7 Å². The largest absolute Gasteiger partial charge is 0.456 e. The third-order valence-corrected chi connectivity index (χ3v) is 11.9. The number of furan rings is 1. The second-order valence-corrected chi connectivity index (χ2v) is 15.8. The number of hydrogen-bond acceptors (Lipinski definition) is 2. The Morgan fingerprint density at radius 3 is 1.37 bits per heavy atom. The van der Waals surface area contributed by atoms with E-state index in [0.717, 1.165) is 67.2 Å². The van der Waals surface area contributed by atoms with Gasteiger partial charge in [-0.15, -0.1) is 0 Å². The summed E-state index contributed by atoms with van der Waals surface area (Å²) >= 11 is 0. The van der Waals surface area contributed by atoms with E-state index in [-0.39, 0.29) is 0 Å². The predicted octanol–water partition coefficient (Wildman–Crippen LogP) is 17.1. The molecule has 0 aliphatic carbocycles. The van der Waals surface area contributed by atoms with E-state index in [4.69, 9.17) is 4.42 Å². The first-order valence-electron chi connectivity index (χ1n) is 21.1. The van der Waals surface area contributed by atoms with Gasteiger partial charge >= 0.3 is 0 Å². The summed E-state index contributed by atoms with van der Waals surface area (Å²) < 4.78 is 6.19. The highest BCUT2D eigenvalue weighted by Crippen LogP contribution is 2.42. The van der Waals surface area contributed by atoms with Crippen LogP contribution in [0, 0.1) is 0 Å². The molecule has 0 spiro atoms. The predicted molar refractivity (Wildman–Crippen MR) is 261 cm³/mol. The van der Waals surface area contributed by atoms with Gasteiger partial charge in [0.05, 0.1) is 5.69 Å². The Morgan fingerprint density at radius 1 is 0.258 bits per heavy atom. The molecule has 11 aromatic rings. The highest BCUT2D eigenvalue weighted by molar-refractivity contribution is 5.91. The summed E-state index contributed by atoms with van der Waals surface area (Å²) in [5.41, 5.74) is 17.0. The molecule has 0 N–H and O–H groups in total. The van der Waals surface area contributed by atoms with Gasteiger partial charge in [-0.2, -0.15) is 0 Å². The van der Waals surface area contributed by atoms with Crippen LogP contribution in [0.2, 0.25) is 0 Å². The van der Waals surface area contributed by atoms with Crippen molar-refractivity contribution in [3.63, 3.8) is 0 Å². The van der Waals surface area contributed by atoms with Crippen LogP contribution in [-0.2, 0) is 0 Å². The molecule has 0 aliphatic heterocycles. The Morgan fingerprint density at radius 2 is 0.710 bits per heavy atom. The van der Waals surface area contributed by atoms with Gasteiger partial charge in [-0.05, 0) is 115 Å². The number of rotatable bonds is 9. The van der Waals surface area contributed by atoms with Gasteiger partial charge in [0.15, 0.2) is 0 Å². The van der Waals surface area contributed by atoms with Crippen LogP contribution in [0.3, 0.4) is 0 Å². The molecule has 292 valence electrons. The SMILES string of the molecule is c1ccc(-c2ccc(-c3ccccc3N(c3ccc(-c4ccc(-c5cccc(-c6cc7ccccc7o6)c5)cc4)cc3)c3ccc(-c4ccc5ccccc5c4)cc3)cc2)cc1. The fraction of sp³-hybridized carbons (Fsp3) is 0. The average molecular weight is 792 g/mol. The Labute approximate surface area is 362 Å². The lowest BCUT2D eigenvalue weighted by molar-refractivity contribution is 0.631. The van der Waals surface area contributed by atoms with Crippen LogP contribution in [0.1, 0.15) is 0 Å². The maximum Gasteiger partial charge on any atom is 0.135 e. The summed E-state index contributed by atoms with van der Waals surface area (Å²) in [7, 11) is 0. The molecule has 0 saturated carbocycles. The van der Waals surface area contributed by atoms with E-state index < -0.39 is 0 Å². The van der Waals surface area contributed by atoms with E-state index in [1.165, 1.54) is 38.6 Å². The minimum absolute atomic E-state index is 0.878. The van der Waals surface area contributed by atoms with Crippen molar-refractivity contribution in [1.29, 1.82) is 0 Å². The second kappa shape index (κ2) is 16.1. The van der Waals surface area contributed by atoms with Crippen molar-refractivity contribution in [1.82, 2.24) is 0 Å². The molecule has 0 aliphatic rings. The molecule has 10 aromatic carbocycles. The molecule has 1 aromatic heterocycles. The molecule has 11 rings (SSSR count). The molecule has 0 fully saturated rings. The van der Waals surface area contributed by atoms with E-state index in [0.29, 0.717) is 0 Å². The van der Waals surface area contributed by atoms with Crippen LogP contribution >= 0.6 is 0 Å². The summed E-state index contributed by atoms with van der Waals surface area (Å²) in [5.74, 6) is 0.878. The number of hydrogen-bond donors (Lipinski definition) is 0. The van der Waals surface area contributed by atoms with E-state index in [1.54, 1.807) is 0 Å². The zero-order valence-corrected chi connectivity index (χ0v) is 34.0. The number of para-hydroxylation sites is 2. The molecule has 0 saturated heterocycles. The molecule has 0 radical (unpaired) electrons. The van der Waals surface area contributed by atoms with Crippen molar-refractivity contribution in [3.05, 3.63) is 249 Å². The molecular weight excluding hydrogens is 751 g/mol. The lowest BCUT2D eigenvalue weighted by atomic mass is 9.97. The zero-order valence-electron chi connectivity index (χ0n) is 34.0. The molecule has 0 unspecified atom stereocenters. The summed E-state index contributed by atoms with van der Waals surface area (Å²) in [5, 5.41) is 3.60. The maximum atomic E-state index is 6.19. The van der Waals surface area contributed by atoms with Gasteiger partial charge in [0.1, 0.15) is 11.3 Å². The first kappa shape index (κ1) is 36.8. The van der Waals surface area contributed by atoms with E-state index in [1.807, 2.05) is 18.2 Å². The first-order chi connectivity index (χ1) is 30.7. The molecule has 1 heterocycles. The molecule has 2 nitrogen and oxygen atoms in total. The van der Waals surface area contributed by atoms with Crippen LogP contribution in [0.15, 0.2) is 253 Å². The minimum atomic E-state index is 0.878. The van der Waals surface area contributed by atoms with Crippen LogP contribution in [-0.4, -0.2) is 0 Å². The van der Waals surface area contributed by atoms with Crippen molar-refractivity contribution >= 4 is 38.8 Å². The number of anilines is 3. The van der Waals surface area contributed by atoms with Crippen LogP contribution < -0.4 is 4.90 Å². The van der Waals surface area contributed by atoms with Crippen LogP contribution in [0.4, 0.5) is 17.1 Å². The average Bonchev–Trinajstić information content (AvgIpc) is 3.80. The maximum absolute atomic E-state index is 6.19. The third kappa shape index (κ3) is 7.25. The summed E-state index contributed by atoms with van der Waals surface area (Å²) in [6.07, 6.45) is 0. The Kier molecular flexibility index (Phi) is 9.57. The fourth-order valence-corrected chi connectivity index (χ4v) is 8.62. The van der Waals surface area contributed by atoms with E-state index in [9.17, 15) is 0 Å². The van der Waals surface area contributed by atoms with Crippen molar-refractivity contribution in [2.45, 2.75) is 0 Å². The molecule has 62 heavy (non-hydrogen) atoms. The quantitative estimate of drug-likeness (QED) is 0.145. The van der Waals surface area contributed by atoms with Crippen molar-refractivity contribution in [3.8, 4) is 67.0 Å². The normalized spacial score (nSPS) is 11.2. The molecular formula is C60H41NO. The lowest BCUT2D eigenvalue weighted by Gasteiger charge is -2.28. The van der Waals surface area contributed by atoms with Gasteiger partial charge in [0.25, 0.3) is 0 Å². The monoisotopic (exact) mass is 791 g/mol. The molecule has 0 amide bonds. The number of fused-ring (bicyclic) bond motifs is 2. The zero-order chi connectivity index (χ0) is 41.2. The molecule has 2 heteroatoms. The third-order valence-electron chi connectivity index (χ3n) is 11.9. The highest BCUT2D eigenvalue weighted by atomic mass is 16.3. The van der Waals surface area contributed by atoms with E-state index >= 15 is 0 Å². The Hall–Kier alpha value is -8.20. The van der Waals surface area contributed by atoms with Crippen molar-refractivity contribution < 1.29 is 4.42 Å². The Balaban J connectivity index is 0.925. The number of nitrogens with zero attached hydrogens (tertiary/aromatic N) is 1. The summed E-state index contributed by atoms with van der Waals surface area (Å²) in [4.78, 5) is 2.38. The smallest absolute Gasteiger partial charge is 0.135 e. The van der Waals surface area contributed by atoms with E-state index in [2.05, 4.69) is 235 Å². The highest BCUT2D eigenvalue weighted by Gasteiger charge is 2.18. The fourth-order valence-electron chi connectivity index (χ4n) is 8.62. The van der Waals surface area contributed by atoms with Crippen molar-refractivity contribution in [2.24, 2.45) is 0 Å². The standard InChI is InChI=1S/C60H41NO/c1-2-11-42(12-3-1)44-25-28-49(29-26-44)57-18-7-8-19-58(57)61(56-37-33-48(34-38-56)52-30-27-43-13-4-5-14-50(43)39-52)55-35-31-46(32-36-55)45-21-23-47(24-22-45)51-16-10-17-53(40-51)60-41-54-15-6-9-20-59(54)62-60/h1-41H. The van der Waals surface area contributed by atoms with Gasteiger partial charge in [-0.1, -0.05) is 194 Å². The Bertz CT molecular complexity index is 3270. The van der Waals surface area contributed by atoms with Crippen LogP contribution in [0.5, 0.6) is 0 Å². The summed E-state index contributed by atoms with van der Waals surface area (Å²) in [6, 6.07) is 89.1. The summed E-state index contributed by atoms with van der Waals surface area (Å²) in [6.45, 7) is 0. The minimum Gasteiger partial charge on any atom is -0.456 e. The first-order valence-corrected chi connectivity index (χ1v) is 21.1. The number of benzene rings is 10. The second-order valence-electron chi connectivity index (χ2n) is 15.8. The van der Waals surface area contributed by atoms with Gasteiger partial charge in [0.2, 0.25) is 0 Å².